The molecule has 0 fully saturated rings. The van der Waals surface area contributed by atoms with Crippen molar-refractivity contribution in [1.82, 2.24) is 10.3 Å². The number of aryl methyl sites for hydroxylation is 1. The molecular weight excluding hydrogens is 216 g/mol. The molecule has 0 radical (unpaired) electrons. The van der Waals surface area contributed by atoms with Crippen LogP contribution in [0.2, 0.25) is 0 Å². The summed E-state index contributed by atoms with van der Waals surface area (Å²) in [6, 6.07) is 5.81. The summed E-state index contributed by atoms with van der Waals surface area (Å²) in [5.41, 5.74) is 2.29. The van der Waals surface area contributed by atoms with Gasteiger partial charge in [-0.25, -0.2) is 4.98 Å². The fourth-order valence-electron chi connectivity index (χ4n) is 1.54. The molecule has 2 heterocycles. The van der Waals surface area contributed by atoms with E-state index in [2.05, 4.69) is 10.3 Å². The van der Waals surface area contributed by atoms with E-state index in [9.17, 15) is 0 Å². The van der Waals surface area contributed by atoms with E-state index < -0.39 is 0 Å². The highest BCUT2D eigenvalue weighted by atomic mass is 16.5. The Kier molecular flexibility index (Phi) is 3.77. The molecule has 2 aromatic heterocycles. The third kappa shape index (κ3) is 3.07. The first-order chi connectivity index (χ1) is 8.29. The third-order valence-corrected chi connectivity index (χ3v) is 2.59. The van der Waals surface area contributed by atoms with Gasteiger partial charge in [0.1, 0.15) is 5.76 Å². The van der Waals surface area contributed by atoms with Gasteiger partial charge in [-0.3, -0.25) is 0 Å². The van der Waals surface area contributed by atoms with Gasteiger partial charge in [-0.1, -0.05) is 6.07 Å². The van der Waals surface area contributed by atoms with Crippen molar-refractivity contribution >= 4 is 0 Å². The highest BCUT2D eigenvalue weighted by Crippen LogP contribution is 2.09. The summed E-state index contributed by atoms with van der Waals surface area (Å²) in [5, 5.41) is 3.31. The summed E-state index contributed by atoms with van der Waals surface area (Å²) < 4.78 is 10.3. The zero-order valence-electron chi connectivity index (χ0n) is 10.1. The Bertz CT molecular complexity index is 463. The number of nitrogens with one attached hydrogen (secondary N) is 1. The lowest BCUT2D eigenvalue weighted by Gasteiger charge is -2.04. The molecule has 0 aliphatic carbocycles. The minimum Gasteiger partial charge on any atom is -0.481 e. The standard InChI is InChI=1S/C13H16N2O2/c1-10-5-6-17-12(10)9-14-7-11-3-4-13(16-2)15-8-11/h3-6,8,14H,7,9H2,1-2H3. The molecule has 0 saturated carbocycles. The van der Waals surface area contributed by atoms with Gasteiger partial charge >= 0.3 is 0 Å². The van der Waals surface area contributed by atoms with Gasteiger partial charge in [0.25, 0.3) is 0 Å². The van der Waals surface area contributed by atoms with Gasteiger partial charge in [-0.05, 0) is 24.1 Å². The Morgan fingerprint density at radius 2 is 2.18 bits per heavy atom. The number of hydrogen-bond donors (Lipinski definition) is 1. The summed E-state index contributed by atoms with van der Waals surface area (Å²) in [4.78, 5) is 4.14. The first-order valence-electron chi connectivity index (χ1n) is 5.52. The van der Waals surface area contributed by atoms with E-state index in [-0.39, 0.29) is 0 Å². The second-order valence-electron chi connectivity index (χ2n) is 3.84. The number of pyridine rings is 1. The lowest BCUT2D eigenvalue weighted by atomic mass is 10.2. The molecule has 0 atom stereocenters. The molecule has 2 rings (SSSR count). The highest BCUT2D eigenvalue weighted by molar-refractivity contribution is 5.18. The molecule has 90 valence electrons. The Labute approximate surface area is 101 Å². The van der Waals surface area contributed by atoms with Crippen molar-refractivity contribution in [2.75, 3.05) is 7.11 Å². The smallest absolute Gasteiger partial charge is 0.212 e. The van der Waals surface area contributed by atoms with Gasteiger partial charge in [0, 0.05) is 18.8 Å². The Balaban J connectivity index is 1.83. The van der Waals surface area contributed by atoms with Crippen LogP contribution in [0, 0.1) is 6.92 Å². The molecule has 4 nitrogen and oxygen atoms in total. The fourth-order valence-corrected chi connectivity index (χ4v) is 1.54. The predicted molar refractivity (Wildman–Crippen MR) is 64.8 cm³/mol. The second kappa shape index (κ2) is 5.50. The number of rotatable bonds is 5. The third-order valence-electron chi connectivity index (χ3n) is 2.59. The van der Waals surface area contributed by atoms with Crippen LogP contribution in [-0.2, 0) is 13.1 Å². The van der Waals surface area contributed by atoms with Crippen LogP contribution < -0.4 is 10.1 Å². The van der Waals surface area contributed by atoms with Crippen LogP contribution in [0.4, 0.5) is 0 Å². The number of hydrogen-bond acceptors (Lipinski definition) is 4. The molecule has 0 aliphatic rings. The minimum absolute atomic E-state index is 0.635. The van der Waals surface area contributed by atoms with Crippen LogP contribution >= 0.6 is 0 Å². The maximum Gasteiger partial charge on any atom is 0.212 e. The van der Waals surface area contributed by atoms with E-state index in [0.29, 0.717) is 5.88 Å². The lowest BCUT2D eigenvalue weighted by Crippen LogP contribution is -2.12. The monoisotopic (exact) mass is 232 g/mol. The van der Waals surface area contributed by atoms with Gasteiger partial charge in [0.2, 0.25) is 5.88 Å². The van der Waals surface area contributed by atoms with Crippen LogP contribution in [0.25, 0.3) is 0 Å². The zero-order valence-corrected chi connectivity index (χ0v) is 10.1. The molecule has 4 heteroatoms. The van der Waals surface area contributed by atoms with Gasteiger partial charge in [-0.15, -0.1) is 0 Å². The number of aromatic nitrogens is 1. The van der Waals surface area contributed by atoms with Crippen LogP contribution in [0.15, 0.2) is 35.1 Å². The van der Waals surface area contributed by atoms with Gasteiger partial charge in [0.05, 0.1) is 19.9 Å². The summed E-state index contributed by atoms with van der Waals surface area (Å²) in [6.45, 7) is 3.53. The van der Waals surface area contributed by atoms with Gasteiger partial charge in [-0.2, -0.15) is 0 Å². The Morgan fingerprint density at radius 3 is 2.76 bits per heavy atom. The number of ether oxygens (including phenoxy) is 1. The zero-order chi connectivity index (χ0) is 12.1. The number of furan rings is 1. The molecule has 17 heavy (non-hydrogen) atoms. The molecule has 0 spiro atoms. The molecular formula is C13H16N2O2. The van der Waals surface area contributed by atoms with Gasteiger partial charge in [0.15, 0.2) is 0 Å². The predicted octanol–water partition coefficient (Wildman–Crippen LogP) is 2.28. The Hall–Kier alpha value is -1.81. The quantitative estimate of drug-likeness (QED) is 0.859. The van der Waals surface area contributed by atoms with E-state index in [1.807, 2.05) is 25.1 Å². The second-order valence-corrected chi connectivity index (χ2v) is 3.84. The Morgan fingerprint density at radius 1 is 1.29 bits per heavy atom. The molecule has 2 aromatic rings. The first-order valence-corrected chi connectivity index (χ1v) is 5.52. The summed E-state index contributed by atoms with van der Waals surface area (Å²) in [7, 11) is 1.61. The van der Waals surface area contributed by atoms with E-state index in [4.69, 9.17) is 9.15 Å². The largest absolute Gasteiger partial charge is 0.481 e. The highest BCUT2D eigenvalue weighted by Gasteiger charge is 2.01. The van der Waals surface area contributed by atoms with E-state index in [1.165, 1.54) is 5.56 Å². The van der Waals surface area contributed by atoms with Crippen molar-refractivity contribution in [2.45, 2.75) is 20.0 Å². The fraction of sp³-hybridized carbons (Fsp3) is 0.308. The number of nitrogens with zero attached hydrogens (tertiary/aromatic N) is 1. The average Bonchev–Trinajstić information content (AvgIpc) is 2.76. The van der Waals surface area contributed by atoms with Crippen LogP contribution in [-0.4, -0.2) is 12.1 Å². The van der Waals surface area contributed by atoms with E-state index in [1.54, 1.807) is 19.6 Å². The van der Waals surface area contributed by atoms with Crippen molar-refractivity contribution in [2.24, 2.45) is 0 Å². The van der Waals surface area contributed by atoms with Crippen LogP contribution in [0.5, 0.6) is 5.88 Å². The topological polar surface area (TPSA) is 47.3 Å². The molecule has 0 bridgehead atoms. The van der Waals surface area contributed by atoms with Crippen molar-refractivity contribution in [3.8, 4) is 5.88 Å². The van der Waals surface area contributed by atoms with Crippen LogP contribution in [0.3, 0.4) is 0 Å². The van der Waals surface area contributed by atoms with E-state index in [0.717, 1.165) is 24.4 Å². The maximum absolute atomic E-state index is 5.34. The molecule has 0 aliphatic heterocycles. The normalized spacial score (nSPS) is 10.5. The SMILES string of the molecule is COc1ccc(CNCc2occc2C)cn1. The van der Waals surface area contributed by atoms with E-state index >= 15 is 0 Å². The molecule has 0 unspecified atom stereocenters. The van der Waals surface area contributed by atoms with Crippen molar-refractivity contribution in [3.05, 3.63) is 47.5 Å². The number of methoxy groups -OCH3 is 1. The molecule has 0 saturated heterocycles. The molecule has 0 amide bonds. The molecule has 0 aromatic carbocycles. The lowest BCUT2D eigenvalue weighted by molar-refractivity contribution is 0.397. The summed E-state index contributed by atoms with van der Waals surface area (Å²) >= 11 is 0. The van der Waals surface area contributed by atoms with Crippen molar-refractivity contribution in [3.63, 3.8) is 0 Å². The minimum atomic E-state index is 0.635. The van der Waals surface area contributed by atoms with Gasteiger partial charge < -0.3 is 14.5 Å². The maximum atomic E-state index is 5.34. The van der Waals surface area contributed by atoms with Crippen molar-refractivity contribution < 1.29 is 9.15 Å². The first kappa shape index (κ1) is 11.7. The average molecular weight is 232 g/mol. The van der Waals surface area contributed by atoms with Crippen molar-refractivity contribution in [1.29, 1.82) is 0 Å². The van der Waals surface area contributed by atoms with Crippen LogP contribution in [0.1, 0.15) is 16.9 Å². The summed E-state index contributed by atoms with van der Waals surface area (Å²) in [6.07, 6.45) is 3.52. The summed E-state index contributed by atoms with van der Waals surface area (Å²) in [5.74, 6) is 1.61. The molecule has 1 N–H and O–H groups in total.